The van der Waals surface area contributed by atoms with Crippen molar-refractivity contribution in [1.29, 1.82) is 0 Å². The van der Waals surface area contributed by atoms with Crippen LogP contribution in [-0.2, 0) is 44.6 Å². The zero-order chi connectivity index (χ0) is 41.7. The van der Waals surface area contributed by atoms with Gasteiger partial charge in [-0.1, -0.05) is 33.8 Å². The summed E-state index contributed by atoms with van der Waals surface area (Å²) in [6, 6.07) is 2.40. The molecule has 4 heterocycles. The fourth-order valence-electron chi connectivity index (χ4n) is 8.82. The number of aliphatic hydroxyl groups excluding tert-OH is 1. The number of carbonyl (C=O) groups excluding carboxylic acids is 4. The summed E-state index contributed by atoms with van der Waals surface area (Å²) >= 11 is 0. The number of alkyl halides is 1. The van der Waals surface area contributed by atoms with E-state index in [0.717, 1.165) is 12.5 Å². The lowest BCUT2D eigenvalue weighted by Crippen LogP contribution is -2.62. The first-order chi connectivity index (χ1) is 26.2. The molecule has 14 nitrogen and oxygen atoms in total. The number of nitrogens with one attached hydrogen (secondary N) is 1. The molecule has 15 heteroatoms. The van der Waals surface area contributed by atoms with Crippen LogP contribution in [0.3, 0.4) is 0 Å². The Balaban J connectivity index is 1.75. The van der Waals surface area contributed by atoms with Crippen molar-refractivity contribution in [2.45, 2.75) is 141 Å². The summed E-state index contributed by atoms with van der Waals surface area (Å²) in [5.74, 6) is -5.84. The fourth-order valence-corrected chi connectivity index (χ4v) is 8.82. The second kappa shape index (κ2) is 18.5. The average Bonchev–Trinajstić information content (AvgIpc) is 3.42. The highest BCUT2D eigenvalue weighted by molar-refractivity contribution is 6.08. The third kappa shape index (κ3) is 9.50. The summed E-state index contributed by atoms with van der Waals surface area (Å²) in [4.78, 5) is 64.1. The first-order valence-corrected chi connectivity index (χ1v) is 19.7. The lowest BCUT2D eigenvalue weighted by Gasteiger charge is -2.46. The number of hydrogen-bond acceptors (Lipinski definition) is 13. The number of cyclic esters (lactones) is 1. The number of fused-ring (bicyclic) bond motifs is 1. The SMILES string of the molecule is C=CCN[C@H]1C[C@@H](C)O[C@@H](O[C@@H]2[C@@H](C)C(=O)[C@](C)(F)C(=O)O[C@H](CC)[C@@]3(C)OC(=O)N(CCN(C)Cc4ccncc4)C3[C@@H](C)C(=O)[C@H](C)C[C@@]2(C)OC)[C@H]1O. The van der Waals surface area contributed by atoms with E-state index in [4.69, 9.17) is 23.7 Å². The van der Waals surface area contributed by atoms with Crippen LogP contribution in [0.15, 0.2) is 37.2 Å². The monoisotopic (exact) mass is 790 g/mol. The number of pyridine rings is 1. The highest BCUT2D eigenvalue weighted by Crippen LogP contribution is 2.43. The molecular weight excluding hydrogens is 727 g/mol. The van der Waals surface area contributed by atoms with Crippen molar-refractivity contribution in [3.8, 4) is 0 Å². The highest BCUT2D eigenvalue weighted by atomic mass is 19.1. The van der Waals surface area contributed by atoms with E-state index < -0.39 is 89.2 Å². The molecule has 1 amide bonds. The molecule has 3 saturated heterocycles. The first-order valence-electron chi connectivity index (χ1n) is 19.7. The van der Waals surface area contributed by atoms with E-state index in [9.17, 15) is 24.3 Å². The van der Waals surface area contributed by atoms with Gasteiger partial charge in [0.25, 0.3) is 5.67 Å². The molecule has 0 bridgehead atoms. The molecule has 3 aliphatic rings. The number of halogens is 1. The topological polar surface area (TPSA) is 166 Å². The van der Waals surface area contributed by atoms with E-state index in [-0.39, 0.29) is 31.3 Å². The molecule has 0 spiro atoms. The van der Waals surface area contributed by atoms with Crippen molar-refractivity contribution in [3.63, 3.8) is 0 Å². The third-order valence-corrected chi connectivity index (χ3v) is 12.0. The largest absolute Gasteiger partial charge is 0.455 e. The van der Waals surface area contributed by atoms with E-state index in [1.54, 1.807) is 53.1 Å². The van der Waals surface area contributed by atoms with Crippen LogP contribution in [0.5, 0.6) is 0 Å². The van der Waals surface area contributed by atoms with E-state index in [1.165, 1.54) is 18.9 Å². The Bertz CT molecular complexity index is 1550. The van der Waals surface area contributed by atoms with Gasteiger partial charge in [0.1, 0.15) is 18.0 Å². The normalized spacial score (nSPS) is 38.8. The van der Waals surface area contributed by atoms with Gasteiger partial charge in [0, 0.05) is 69.5 Å². The van der Waals surface area contributed by atoms with Gasteiger partial charge in [-0.25, -0.2) is 14.0 Å². The standard InChI is InChI=1S/C41H63FN4O10/c1-12-16-44-29-21-25(4)53-36(32(29)48)55-35-27(6)34(49)40(8,42)37(50)54-30(13-2)41(9)33(26(5)31(47)24(3)22-39(35,7)52-11)46(38(51)56-41)20-19-45(10)23-28-14-17-43-18-15-28/h12,14-15,17-18,24-27,29-30,32-33,35-36,44,48H,1,13,16,19-23H2,2-11H3/t24-,25-,26+,27+,29+,30-,32+,33?,35-,36+,39-,40+,41-/m1/s1. The smallest absolute Gasteiger partial charge is 0.410 e. The van der Waals surface area contributed by atoms with Crippen molar-refractivity contribution in [1.82, 2.24) is 20.1 Å². The number of Topliss-reactive ketones (excluding diaryl/α,β-unsaturated/α-hetero) is 2. The Morgan fingerprint density at radius 2 is 1.79 bits per heavy atom. The molecule has 4 rings (SSSR count). The number of likely N-dealkylation sites (N-methyl/N-ethyl adjacent to an activating group) is 1. The van der Waals surface area contributed by atoms with Crippen LogP contribution in [-0.4, -0.2) is 137 Å². The van der Waals surface area contributed by atoms with Crippen molar-refractivity contribution >= 4 is 23.6 Å². The van der Waals surface area contributed by atoms with Gasteiger partial charge in [-0.3, -0.25) is 19.5 Å². The molecule has 0 saturated carbocycles. The molecule has 1 aromatic heterocycles. The van der Waals surface area contributed by atoms with Crippen LogP contribution in [0.2, 0.25) is 0 Å². The minimum atomic E-state index is -3.18. The van der Waals surface area contributed by atoms with Crippen LogP contribution in [0.4, 0.5) is 9.18 Å². The Hall–Kier alpha value is -3.34. The molecule has 1 unspecified atom stereocenters. The minimum Gasteiger partial charge on any atom is -0.455 e. The molecule has 56 heavy (non-hydrogen) atoms. The molecular formula is C41H63FN4O10. The van der Waals surface area contributed by atoms with Gasteiger partial charge in [-0.15, -0.1) is 6.58 Å². The Morgan fingerprint density at radius 3 is 2.39 bits per heavy atom. The van der Waals surface area contributed by atoms with Gasteiger partial charge in [0.2, 0.25) is 0 Å². The van der Waals surface area contributed by atoms with Crippen LogP contribution in [0.25, 0.3) is 0 Å². The van der Waals surface area contributed by atoms with Gasteiger partial charge in [-0.2, -0.15) is 0 Å². The number of carbonyl (C=O) groups is 4. The number of aromatic nitrogens is 1. The number of nitrogens with zero attached hydrogens (tertiary/aromatic N) is 3. The molecule has 13 atom stereocenters. The summed E-state index contributed by atoms with van der Waals surface area (Å²) in [6.45, 7) is 17.7. The molecule has 0 radical (unpaired) electrons. The number of aliphatic hydroxyl groups is 1. The van der Waals surface area contributed by atoms with Crippen molar-refractivity contribution in [3.05, 3.63) is 42.7 Å². The lowest BCUT2D eigenvalue weighted by atomic mass is 9.73. The quantitative estimate of drug-likeness (QED) is 0.177. The van der Waals surface area contributed by atoms with E-state index >= 15 is 4.39 Å². The van der Waals surface area contributed by atoms with Crippen LogP contribution >= 0.6 is 0 Å². The summed E-state index contributed by atoms with van der Waals surface area (Å²) in [6.07, 6.45) is -0.522. The molecule has 0 aromatic carbocycles. The molecule has 314 valence electrons. The maximum atomic E-state index is 16.9. The average molecular weight is 791 g/mol. The Kier molecular flexibility index (Phi) is 15.0. The highest BCUT2D eigenvalue weighted by Gasteiger charge is 2.61. The summed E-state index contributed by atoms with van der Waals surface area (Å²) < 4.78 is 47.3. The number of hydrogen-bond donors (Lipinski definition) is 2. The number of amides is 1. The number of esters is 1. The first kappa shape index (κ1) is 45.4. The van der Waals surface area contributed by atoms with Gasteiger partial charge < -0.3 is 39.0 Å². The predicted molar refractivity (Wildman–Crippen MR) is 205 cm³/mol. The van der Waals surface area contributed by atoms with Crippen LogP contribution in [0.1, 0.15) is 80.2 Å². The molecule has 0 aliphatic carbocycles. The fraction of sp³-hybridized carbons (Fsp3) is 0.732. The summed E-state index contributed by atoms with van der Waals surface area (Å²) in [5, 5.41) is 14.6. The second-order valence-corrected chi connectivity index (χ2v) is 16.5. The number of rotatable bonds is 12. The van der Waals surface area contributed by atoms with Crippen molar-refractivity contribution in [2.75, 3.05) is 33.8 Å². The second-order valence-electron chi connectivity index (χ2n) is 16.5. The number of ether oxygens (including phenoxy) is 5. The maximum absolute atomic E-state index is 16.9. The van der Waals surface area contributed by atoms with Crippen LogP contribution < -0.4 is 5.32 Å². The molecule has 3 aliphatic heterocycles. The number of ketones is 2. The predicted octanol–water partition coefficient (Wildman–Crippen LogP) is 4.02. The maximum Gasteiger partial charge on any atom is 0.410 e. The van der Waals surface area contributed by atoms with Crippen LogP contribution in [0, 0.1) is 17.8 Å². The molecule has 3 fully saturated rings. The van der Waals surface area contributed by atoms with Crippen molar-refractivity contribution < 1.29 is 52.4 Å². The Morgan fingerprint density at radius 1 is 1.12 bits per heavy atom. The van der Waals surface area contributed by atoms with Gasteiger partial charge >= 0.3 is 12.1 Å². The molecule has 2 N–H and O–H groups in total. The van der Waals surface area contributed by atoms with E-state index in [2.05, 4.69) is 16.9 Å². The van der Waals surface area contributed by atoms with E-state index in [0.29, 0.717) is 26.1 Å². The van der Waals surface area contributed by atoms with Crippen molar-refractivity contribution in [2.24, 2.45) is 17.8 Å². The Labute approximate surface area is 330 Å². The minimum absolute atomic E-state index is 0.0109. The van der Waals surface area contributed by atoms with Gasteiger partial charge in [0.15, 0.2) is 17.7 Å². The number of methoxy groups -OCH3 is 1. The van der Waals surface area contributed by atoms with Gasteiger partial charge in [-0.05, 0) is 71.7 Å². The molecule has 1 aromatic rings. The van der Waals surface area contributed by atoms with E-state index in [1.807, 2.05) is 31.0 Å². The van der Waals surface area contributed by atoms with Gasteiger partial charge in [0.05, 0.1) is 23.9 Å². The zero-order valence-corrected chi connectivity index (χ0v) is 34.7. The summed E-state index contributed by atoms with van der Waals surface area (Å²) in [7, 11) is 3.30. The summed E-state index contributed by atoms with van der Waals surface area (Å²) in [5.41, 5.74) is -5.22. The third-order valence-electron chi connectivity index (χ3n) is 12.0. The zero-order valence-electron chi connectivity index (χ0n) is 34.7. The lowest BCUT2D eigenvalue weighted by molar-refractivity contribution is -0.290.